The van der Waals surface area contributed by atoms with E-state index in [0.29, 0.717) is 29.5 Å². The Morgan fingerprint density at radius 3 is 2.65 bits per heavy atom. The standard InChI is InChI=1S/C19H21F3N2O2/c1-12(2)8-9-24-15(11-18(23)26-24)17-7-6-16(25-17)13-4-3-5-14(10-13)19(20,21)22/h3-7,10-12,15H,8-9,23H2,1-2H3. The highest BCUT2D eigenvalue weighted by atomic mass is 19.4. The van der Waals surface area contributed by atoms with E-state index in [2.05, 4.69) is 13.8 Å². The predicted octanol–water partition coefficient (Wildman–Crippen LogP) is 5.10. The smallest absolute Gasteiger partial charge is 0.416 e. The van der Waals surface area contributed by atoms with Gasteiger partial charge in [0.05, 0.1) is 5.56 Å². The molecule has 0 saturated heterocycles. The van der Waals surface area contributed by atoms with Crippen molar-refractivity contribution in [3.8, 4) is 11.3 Å². The number of halogens is 3. The zero-order chi connectivity index (χ0) is 18.9. The van der Waals surface area contributed by atoms with Crippen molar-refractivity contribution in [2.24, 2.45) is 11.7 Å². The Morgan fingerprint density at radius 1 is 1.19 bits per heavy atom. The van der Waals surface area contributed by atoms with Gasteiger partial charge in [-0.2, -0.15) is 13.2 Å². The molecule has 1 aromatic carbocycles. The molecule has 1 unspecified atom stereocenters. The van der Waals surface area contributed by atoms with Gasteiger partial charge in [-0.25, -0.2) is 0 Å². The van der Waals surface area contributed by atoms with E-state index in [9.17, 15) is 13.2 Å². The van der Waals surface area contributed by atoms with Crippen molar-refractivity contribution in [1.29, 1.82) is 0 Å². The molecule has 1 aliphatic rings. The van der Waals surface area contributed by atoms with Gasteiger partial charge in [0.25, 0.3) is 0 Å². The number of nitrogens with zero attached hydrogens (tertiary/aromatic N) is 1. The summed E-state index contributed by atoms with van der Waals surface area (Å²) in [4.78, 5) is 5.52. The number of hydrogen-bond acceptors (Lipinski definition) is 4. The maximum atomic E-state index is 12.9. The molecule has 0 amide bonds. The van der Waals surface area contributed by atoms with E-state index >= 15 is 0 Å². The normalized spacial score (nSPS) is 18.2. The van der Waals surface area contributed by atoms with Crippen LogP contribution < -0.4 is 5.73 Å². The van der Waals surface area contributed by atoms with Crippen LogP contribution in [0.2, 0.25) is 0 Å². The van der Waals surface area contributed by atoms with Crippen molar-refractivity contribution in [2.45, 2.75) is 32.5 Å². The highest BCUT2D eigenvalue weighted by Crippen LogP contribution is 2.36. The largest absolute Gasteiger partial charge is 0.459 e. The third-order valence-corrected chi connectivity index (χ3v) is 4.17. The Balaban J connectivity index is 1.83. The highest BCUT2D eigenvalue weighted by molar-refractivity contribution is 5.59. The molecular formula is C19H21F3N2O2. The molecule has 0 bridgehead atoms. The van der Waals surface area contributed by atoms with Gasteiger partial charge in [0, 0.05) is 18.2 Å². The second-order valence-electron chi connectivity index (χ2n) is 6.71. The van der Waals surface area contributed by atoms with Crippen LogP contribution in [0.5, 0.6) is 0 Å². The molecule has 2 heterocycles. The summed E-state index contributed by atoms with van der Waals surface area (Å²) >= 11 is 0. The summed E-state index contributed by atoms with van der Waals surface area (Å²) in [6, 6.07) is 8.17. The molecule has 2 N–H and O–H groups in total. The van der Waals surface area contributed by atoms with Crippen LogP contribution in [0.25, 0.3) is 11.3 Å². The van der Waals surface area contributed by atoms with Crippen molar-refractivity contribution in [1.82, 2.24) is 5.06 Å². The number of alkyl halides is 3. The third-order valence-electron chi connectivity index (χ3n) is 4.17. The topological polar surface area (TPSA) is 51.6 Å². The Kier molecular flexibility index (Phi) is 5.00. The van der Waals surface area contributed by atoms with E-state index in [4.69, 9.17) is 15.0 Å². The number of nitrogens with two attached hydrogens (primary N) is 1. The summed E-state index contributed by atoms with van der Waals surface area (Å²) in [5.74, 6) is 1.73. The molecule has 2 aromatic rings. The molecule has 140 valence electrons. The Hall–Kier alpha value is -2.41. The Labute approximate surface area is 150 Å². The van der Waals surface area contributed by atoms with Crippen LogP contribution in [0, 0.1) is 5.92 Å². The fraction of sp³-hybridized carbons (Fsp3) is 0.368. The molecule has 1 aliphatic heterocycles. The lowest BCUT2D eigenvalue weighted by Crippen LogP contribution is -2.25. The SMILES string of the molecule is CC(C)CCN1OC(N)=CC1c1ccc(-c2cccc(C(F)(F)F)c2)o1. The first kappa shape index (κ1) is 18.4. The van der Waals surface area contributed by atoms with Crippen LogP contribution in [0.3, 0.4) is 0 Å². The van der Waals surface area contributed by atoms with Gasteiger partial charge < -0.3 is 15.0 Å². The van der Waals surface area contributed by atoms with Crippen LogP contribution in [-0.4, -0.2) is 11.6 Å². The van der Waals surface area contributed by atoms with Gasteiger partial charge in [0.2, 0.25) is 5.88 Å². The summed E-state index contributed by atoms with van der Waals surface area (Å²) in [6.07, 6.45) is -1.75. The van der Waals surface area contributed by atoms with Gasteiger partial charge >= 0.3 is 6.18 Å². The molecule has 4 nitrogen and oxygen atoms in total. The average molecular weight is 366 g/mol. The third kappa shape index (κ3) is 4.04. The van der Waals surface area contributed by atoms with Gasteiger partial charge in [-0.05, 0) is 36.6 Å². The monoisotopic (exact) mass is 366 g/mol. The maximum Gasteiger partial charge on any atom is 0.416 e. The van der Waals surface area contributed by atoms with Crippen molar-refractivity contribution in [3.05, 3.63) is 59.7 Å². The van der Waals surface area contributed by atoms with Crippen LogP contribution in [0.4, 0.5) is 13.2 Å². The summed E-state index contributed by atoms with van der Waals surface area (Å²) in [6.45, 7) is 4.89. The first-order chi connectivity index (χ1) is 12.2. The number of hydroxylamine groups is 2. The quantitative estimate of drug-likeness (QED) is 0.800. The highest BCUT2D eigenvalue weighted by Gasteiger charge is 2.32. The molecule has 0 radical (unpaired) electrons. The van der Waals surface area contributed by atoms with E-state index < -0.39 is 11.7 Å². The molecule has 0 fully saturated rings. The molecule has 0 spiro atoms. The van der Waals surface area contributed by atoms with Gasteiger partial charge in [-0.1, -0.05) is 26.0 Å². The molecule has 1 atom stereocenters. The lowest BCUT2D eigenvalue weighted by molar-refractivity contribution is -0.137. The van der Waals surface area contributed by atoms with Gasteiger partial charge in [0.15, 0.2) is 0 Å². The first-order valence-electron chi connectivity index (χ1n) is 8.43. The van der Waals surface area contributed by atoms with Crippen molar-refractivity contribution >= 4 is 0 Å². The van der Waals surface area contributed by atoms with Gasteiger partial charge in [-0.3, -0.25) is 0 Å². The zero-order valence-corrected chi connectivity index (χ0v) is 14.6. The van der Waals surface area contributed by atoms with Crippen LogP contribution >= 0.6 is 0 Å². The van der Waals surface area contributed by atoms with E-state index in [1.807, 2.05) is 0 Å². The molecule has 0 aliphatic carbocycles. The summed E-state index contributed by atoms with van der Waals surface area (Å²) in [7, 11) is 0. The fourth-order valence-electron chi connectivity index (χ4n) is 2.77. The molecule has 3 rings (SSSR count). The van der Waals surface area contributed by atoms with Crippen molar-refractivity contribution in [2.75, 3.05) is 6.54 Å². The fourth-order valence-corrected chi connectivity index (χ4v) is 2.77. The molecule has 7 heteroatoms. The number of rotatable bonds is 5. The van der Waals surface area contributed by atoms with E-state index in [-0.39, 0.29) is 11.9 Å². The minimum atomic E-state index is -4.39. The van der Waals surface area contributed by atoms with Crippen molar-refractivity contribution < 1.29 is 22.4 Å². The number of benzene rings is 1. The second kappa shape index (κ2) is 7.07. The number of furan rings is 1. The van der Waals surface area contributed by atoms with Crippen LogP contribution in [-0.2, 0) is 11.0 Å². The minimum Gasteiger partial charge on any atom is -0.459 e. The Bertz CT molecular complexity index is 796. The minimum absolute atomic E-state index is 0.288. The van der Waals surface area contributed by atoms with Crippen LogP contribution in [0.1, 0.15) is 37.6 Å². The van der Waals surface area contributed by atoms with E-state index in [1.165, 1.54) is 6.07 Å². The lowest BCUT2D eigenvalue weighted by atomic mass is 10.1. The molecule has 1 aromatic heterocycles. The summed E-state index contributed by atoms with van der Waals surface area (Å²) in [5.41, 5.74) is 5.44. The maximum absolute atomic E-state index is 12.9. The van der Waals surface area contributed by atoms with Gasteiger partial charge in [0.1, 0.15) is 17.6 Å². The lowest BCUT2D eigenvalue weighted by Gasteiger charge is -2.21. The van der Waals surface area contributed by atoms with E-state index in [0.717, 1.165) is 18.6 Å². The van der Waals surface area contributed by atoms with E-state index in [1.54, 1.807) is 29.3 Å². The van der Waals surface area contributed by atoms with Crippen molar-refractivity contribution in [3.63, 3.8) is 0 Å². The predicted molar refractivity (Wildman–Crippen MR) is 91.4 cm³/mol. The number of hydrogen-bond donors (Lipinski definition) is 1. The second-order valence-corrected chi connectivity index (χ2v) is 6.71. The van der Waals surface area contributed by atoms with Gasteiger partial charge in [-0.15, -0.1) is 5.06 Å². The average Bonchev–Trinajstić information content (AvgIpc) is 3.18. The first-order valence-corrected chi connectivity index (χ1v) is 8.43. The molecule has 26 heavy (non-hydrogen) atoms. The zero-order valence-electron chi connectivity index (χ0n) is 14.6. The summed E-state index contributed by atoms with van der Waals surface area (Å²) < 4.78 is 44.5. The van der Waals surface area contributed by atoms with Crippen LogP contribution in [0.15, 0.2) is 52.8 Å². The molecular weight excluding hydrogens is 345 g/mol. The Morgan fingerprint density at radius 2 is 1.96 bits per heavy atom. The summed E-state index contributed by atoms with van der Waals surface area (Å²) in [5, 5.41) is 1.73. The molecule has 0 saturated carbocycles.